The maximum absolute atomic E-state index is 16.1. The Labute approximate surface area is 301 Å². The highest BCUT2D eigenvalue weighted by atomic mass is 35.5. The molecule has 0 saturated carbocycles. The van der Waals surface area contributed by atoms with Crippen molar-refractivity contribution in [3.05, 3.63) is 115 Å². The summed E-state index contributed by atoms with van der Waals surface area (Å²) in [5.41, 5.74) is -0.665. The van der Waals surface area contributed by atoms with Crippen LogP contribution >= 0.6 is 11.6 Å². The zero-order valence-electron chi connectivity index (χ0n) is 28.5. The number of ether oxygens (including phenoxy) is 2. The molecule has 8 nitrogen and oxygen atoms in total. The number of esters is 1. The van der Waals surface area contributed by atoms with E-state index < -0.39 is 59.7 Å². The highest BCUT2D eigenvalue weighted by Gasteiger charge is 2.37. The lowest BCUT2D eigenvalue weighted by molar-refractivity contribution is -0.144. The molecule has 4 bridgehead atoms. The quantitative estimate of drug-likeness (QED) is 0.155. The molecule has 1 N–H and O–H groups in total. The molecule has 274 valence electrons. The van der Waals surface area contributed by atoms with E-state index in [0.29, 0.717) is 22.9 Å². The largest absolute Gasteiger partial charge is 0.466 e. The molecule has 2 atom stereocenters. The van der Waals surface area contributed by atoms with Gasteiger partial charge in [-0.1, -0.05) is 23.7 Å². The minimum atomic E-state index is -4.92. The van der Waals surface area contributed by atoms with Gasteiger partial charge in [0.2, 0.25) is 5.91 Å². The maximum Gasteiger partial charge on any atom is 0.416 e. The summed E-state index contributed by atoms with van der Waals surface area (Å²) in [6.45, 7) is 5.16. The van der Waals surface area contributed by atoms with Gasteiger partial charge in [-0.3, -0.25) is 23.9 Å². The number of carbonyl (C=O) groups is 2. The molecule has 1 saturated heterocycles. The van der Waals surface area contributed by atoms with E-state index in [1.165, 1.54) is 31.2 Å². The molecule has 3 heterocycles. The summed E-state index contributed by atoms with van der Waals surface area (Å²) in [4.78, 5) is 42.8. The predicted octanol–water partition coefficient (Wildman–Crippen LogP) is 7.65. The van der Waals surface area contributed by atoms with Gasteiger partial charge in [0.25, 0.3) is 5.56 Å². The zero-order valence-corrected chi connectivity index (χ0v) is 29.2. The van der Waals surface area contributed by atoms with E-state index in [1.54, 1.807) is 30.0 Å². The molecule has 2 aliphatic rings. The first-order chi connectivity index (χ1) is 24.6. The molecule has 1 aromatic heterocycles. The second-order valence-electron chi connectivity index (χ2n) is 13.0. The van der Waals surface area contributed by atoms with E-state index in [2.05, 4.69) is 5.32 Å². The maximum atomic E-state index is 16.1. The number of halogens is 6. The molecular formula is C38H35ClF5N3O5. The topological polar surface area (TPSA) is 89.9 Å². The molecule has 3 aromatic carbocycles. The standard InChI is InChI=1S/C38H35ClF5N3O5/c1-4-51-33(49)16-30-27-13-23(12-21(3)35(27)41)34-20(2)6-5-7-31(34)52-25-8-9-29(39)26(14-25)36(37(50)45-30)47-17-22(10-11-46-18-24(40)19-46)28(15-32(47)48)38(42,43)44/h5-9,12-15,17,24,30,36H,4,10-11,16,18-19H2,1-3H3,(H,45,50)/t30-,36-/m0/s1. The monoisotopic (exact) mass is 743 g/mol. The third-order valence-corrected chi connectivity index (χ3v) is 9.61. The Hall–Kier alpha value is -4.75. The van der Waals surface area contributed by atoms with Crippen LogP contribution in [0.15, 0.2) is 65.6 Å². The van der Waals surface area contributed by atoms with Gasteiger partial charge in [-0.15, -0.1) is 0 Å². The lowest BCUT2D eigenvalue weighted by Gasteiger charge is -2.34. The Morgan fingerprint density at radius 2 is 1.79 bits per heavy atom. The highest BCUT2D eigenvalue weighted by Crippen LogP contribution is 2.41. The van der Waals surface area contributed by atoms with E-state index in [9.17, 15) is 31.9 Å². The summed E-state index contributed by atoms with van der Waals surface area (Å²) in [6, 6.07) is 10.1. The lowest BCUT2D eigenvalue weighted by Crippen LogP contribution is -2.49. The van der Waals surface area contributed by atoms with Crippen molar-refractivity contribution < 1.29 is 41.0 Å². The third kappa shape index (κ3) is 7.56. The van der Waals surface area contributed by atoms with Gasteiger partial charge in [0.15, 0.2) is 0 Å². The molecule has 14 heteroatoms. The van der Waals surface area contributed by atoms with Gasteiger partial charge in [0.1, 0.15) is 29.5 Å². The number of amides is 1. The highest BCUT2D eigenvalue weighted by molar-refractivity contribution is 6.31. The fourth-order valence-electron chi connectivity index (χ4n) is 6.73. The van der Waals surface area contributed by atoms with Crippen molar-refractivity contribution in [3.63, 3.8) is 0 Å². The molecule has 1 amide bonds. The molecular weight excluding hydrogens is 709 g/mol. The van der Waals surface area contributed by atoms with E-state index >= 15 is 4.39 Å². The van der Waals surface area contributed by atoms with Crippen LogP contribution in [0.3, 0.4) is 0 Å². The number of hydrogen-bond acceptors (Lipinski definition) is 6. The molecule has 1 fully saturated rings. The Balaban J connectivity index is 1.58. The Kier molecular flexibility index (Phi) is 10.5. The SMILES string of the molecule is CCOC(=O)C[C@@H]1NC(=O)[C@@H](n2cc(CCN3CC(F)C3)c(C(F)(F)F)cc2=O)c2cc(ccc2Cl)Oc2cccc(C)c2-c2cc(C)c(F)c1c2. The zero-order chi connectivity index (χ0) is 37.5. The molecule has 0 unspecified atom stereocenters. The first-order valence-corrected chi connectivity index (χ1v) is 17.0. The smallest absolute Gasteiger partial charge is 0.416 e. The number of hydrogen-bond donors (Lipinski definition) is 1. The predicted molar refractivity (Wildman–Crippen MR) is 184 cm³/mol. The van der Waals surface area contributed by atoms with Gasteiger partial charge in [0, 0.05) is 53.6 Å². The van der Waals surface area contributed by atoms with Crippen LogP contribution in [0.1, 0.15) is 58.8 Å². The third-order valence-electron chi connectivity index (χ3n) is 9.27. The van der Waals surface area contributed by atoms with Crippen molar-refractivity contribution in [1.29, 1.82) is 0 Å². The van der Waals surface area contributed by atoms with Gasteiger partial charge in [-0.05, 0) is 85.8 Å². The van der Waals surface area contributed by atoms with E-state index in [0.717, 1.165) is 16.3 Å². The number of aromatic nitrogens is 1. The summed E-state index contributed by atoms with van der Waals surface area (Å²) in [7, 11) is 0. The van der Waals surface area contributed by atoms with Crippen LogP contribution in [-0.2, 0) is 26.9 Å². The van der Waals surface area contributed by atoms with Crippen LogP contribution in [-0.4, -0.2) is 53.8 Å². The van der Waals surface area contributed by atoms with Gasteiger partial charge < -0.3 is 14.8 Å². The molecule has 0 aliphatic carbocycles. The van der Waals surface area contributed by atoms with Crippen molar-refractivity contribution in [2.24, 2.45) is 0 Å². The minimum Gasteiger partial charge on any atom is -0.466 e. The van der Waals surface area contributed by atoms with Crippen molar-refractivity contribution in [3.8, 4) is 22.6 Å². The lowest BCUT2D eigenvalue weighted by atomic mass is 9.92. The molecule has 0 spiro atoms. The average molecular weight is 744 g/mol. The molecule has 6 rings (SSSR count). The summed E-state index contributed by atoms with van der Waals surface area (Å²) < 4.78 is 84.8. The Bertz CT molecular complexity index is 2100. The number of pyridine rings is 1. The normalized spacial score (nSPS) is 17.8. The second kappa shape index (κ2) is 14.7. The molecule has 2 aliphatic heterocycles. The number of nitrogens with zero attached hydrogens (tertiary/aromatic N) is 2. The van der Waals surface area contributed by atoms with E-state index in [4.69, 9.17) is 21.1 Å². The number of benzene rings is 3. The number of fused-ring (bicyclic) bond motifs is 6. The molecule has 52 heavy (non-hydrogen) atoms. The molecule has 0 radical (unpaired) electrons. The van der Waals surface area contributed by atoms with Gasteiger partial charge in [-0.2, -0.15) is 13.2 Å². The number of aryl methyl sites for hydroxylation is 2. The summed E-state index contributed by atoms with van der Waals surface area (Å²) in [5, 5.41) is 2.67. The summed E-state index contributed by atoms with van der Waals surface area (Å²) in [6.07, 6.45) is -5.78. The number of carbonyl (C=O) groups excluding carboxylic acids is 2. The van der Waals surface area contributed by atoms with E-state index in [-0.39, 0.29) is 65.7 Å². The second-order valence-corrected chi connectivity index (χ2v) is 13.4. The van der Waals surface area contributed by atoms with Crippen molar-refractivity contribution in [2.45, 2.75) is 58.0 Å². The average Bonchev–Trinajstić information content (AvgIpc) is 3.06. The van der Waals surface area contributed by atoms with Crippen LogP contribution in [0.2, 0.25) is 5.02 Å². The summed E-state index contributed by atoms with van der Waals surface area (Å²) >= 11 is 6.69. The number of rotatable bonds is 7. The van der Waals surface area contributed by atoms with Crippen LogP contribution in [0, 0.1) is 19.7 Å². The van der Waals surface area contributed by atoms with Gasteiger partial charge >= 0.3 is 12.1 Å². The van der Waals surface area contributed by atoms with Gasteiger partial charge in [-0.25, -0.2) is 8.78 Å². The number of likely N-dealkylation sites (tertiary alicyclic amines) is 1. The minimum absolute atomic E-state index is 0.00310. The van der Waals surface area contributed by atoms with E-state index in [1.807, 2.05) is 13.0 Å². The fourth-order valence-corrected chi connectivity index (χ4v) is 6.95. The van der Waals surface area contributed by atoms with Crippen molar-refractivity contribution in [1.82, 2.24) is 14.8 Å². The number of nitrogens with one attached hydrogen (secondary N) is 1. The van der Waals surface area contributed by atoms with Crippen LogP contribution in [0.4, 0.5) is 22.0 Å². The Morgan fingerprint density at radius 3 is 2.48 bits per heavy atom. The van der Waals surface area contributed by atoms with Crippen LogP contribution < -0.4 is 15.6 Å². The number of alkyl halides is 4. The first kappa shape index (κ1) is 37.0. The summed E-state index contributed by atoms with van der Waals surface area (Å²) in [5.74, 6) is -1.90. The van der Waals surface area contributed by atoms with Crippen molar-refractivity contribution in [2.75, 3.05) is 26.2 Å². The van der Waals surface area contributed by atoms with Crippen molar-refractivity contribution >= 4 is 23.5 Å². The van der Waals surface area contributed by atoms with Gasteiger partial charge in [0.05, 0.1) is 24.6 Å². The Morgan fingerprint density at radius 1 is 1.04 bits per heavy atom. The fraction of sp³-hybridized carbons (Fsp3) is 0.342. The van der Waals surface area contributed by atoms with Crippen LogP contribution in [0.5, 0.6) is 11.5 Å². The first-order valence-electron chi connectivity index (χ1n) is 16.7. The molecule has 4 aromatic rings. The van der Waals surface area contributed by atoms with Crippen LogP contribution in [0.25, 0.3) is 11.1 Å².